The van der Waals surface area contributed by atoms with Gasteiger partial charge in [0.1, 0.15) is 0 Å². The number of aliphatic imine (C=N–C) groups is 1. The minimum absolute atomic E-state index is 0.0720. The lowest BCUT2D eigenvalue weighted by atomic mass is 9.88. The van der Waals surface area contributed by atoms with Crippen molar-refractivity contribution < 1.29 is 9.59 Å². The minimum atomic E-state index is -0.112. The fraction of sp³-hybridized carbons (Fsp3) is 0.353. The van der Waals surface area contributed by atoms with E-state index in [1.165, 1.54) is 0 Å². The first-order valence-electron chi connectivity index (χ1n) is 8.10. The number of benzene rings is 1. The van der Waals surface area contributed by atoms with Gasteiger partial charge in [0.05, 0.1) is 5.54 Å². The van der Waals surface area contributed by atoms with Crippen LogP contribution in [0.1, 0.15) is 23.2 Å². The van der Waals surface area contributed by atoms with E-state index in [2.05, 4.69) is 20.6 Å². The molecule has 2 aromatic rings. The zero-order valence-corrected chi connectivity index (χ0v) is 13.2. The summed E-state index contributed by atoms with van der Waals surface area (Å²) in [5, 5.41) is 7.37. The molecule has 0 aliphatic carbocycles. The van der Waals surface area contributed by atoms with Crippen molar-refractivity contribution >= 4 is 29.2 Å². The van der Waals surface area contributed by atoms with Crippen LogP contribution in [0.15, 0.2) is 35.5 Å². The first-order valence-corrected chi connectivity index (χ1v) is 8.10. The maximum atomic E-state index is 12.9. The predicted octanol–water partition coefficient (Wildman–Crippen LogP) is 0.848. The summed E-state index contributed by atoms with van der Waals surface area (Å²) in [4.78, 5) is 32.2. The Morgan fingerprint density at radius 3 is 2.88 bits per heavy atom. The molecule has 24 heavy (non-hydrogen) atoms. The molecule has 2 aliphatic heterocycles. The molecule has 4 rings (SSSR count). The molecule has 2 aliphatic rings. The van der Waals surface area contributed by atoms with Crippen LogP contribution in [-0.4, -0.2) is 53.3 Å². The number of rotatable bonds is 2. The molecule has 2 saturated heterocycles. The molecule has 0 bridgehead atoms. The van der Waals surface area contributed by atoms with E-state index >= 15 is 0 Å². The number of nitrogens with zero attached hydrogens (tertiary/aromatic N) is 2. The van der Waals surface area contributed by atoms with E-state index in [4.69, 9.17) is 0 Å². The molecule has 3 heterocycles. The van der Waals surface area contributed by atoms with Crippen molar-refractivity contribution in [3.8, 4) is 0 Å². The van der Waals surface area contributed by atoms with Crippen molar-refractivity contribution in [2.45, 2.75) is 18.4 Å². The number of piperidine rings is 1. The number of aromatic nitrogens is 1. The number of hydrogen-bond acceptors (Lipinski definition) is 2. The van der Waals surface area contributed by atoms with Gasteiger partial charge >= 0.3 is 0 Å². The molecule has 7 heteroatoms. The minimum Gasteiger partial charge on any atom is -0.361 e. The summed E-state index contributed by atoms with van der Waals surface area (Å²) < 4.78 is 0. The summed E-state index contributed by atoms with van der Waals surface area (Å²) in [5.41, 5.74) is 1.61. The number of aromatic amines is 1. The lowest BCUT2D eigenvalue weighted by Gasteiger charge is -2.38. The second-order valence-electron chi connectivity index (χ2n) is 6.38. The fourth-order valence-electron chi connectivity index (χ4n) is 3.60. The summed E-state index contributed by atoms with van der Waals surface area (Å²) in [6.45, 7) is 2.10. The fourth-order valence-corrected chi connectivity index (χ4v) is 3.60. The Bertz CT molecular complexity index is 817. The van der Waals surface area contributed by atoms with Gasteiger partial charge in [0.2, 0.25) is 6.41 Å². The summed E-state index contributed by atoms with van der Waals surface area (Å²) in [6, 6.07) is 7.70. The molecular weight excluding hydrogens is 306 g/mol. The number of carbonyl (C=O) groups is 2. The number of hydrogen-bond donors (Lipinski definition) is 3. The van der Waals surface area contributed by atoms with Gasteiger partial charge in [-0.25, -0.2) is 0 Å². The van der Waals surface area contributed by atoms with Gasteiger partial charge in [0, 0.05) is 42.3 Å². The molecule has 3 N–H and O–H groups in total. The summed E-state index contributed by atoms with van der Waals surface area (Å²) in [7, 11) is 0. The molecule has 2 amide bonds. The molecule has 0 atom stereocenters. The van der Waals surface area contributed by atoms with Crippen molar-refractivity contribution in [3.63, 3.8) is 0 Å². The molecule has 1 aromatic heterocycles. The number of H-pyrrole nitrogens is 1. The van der Waals surface area contributed by atoms with Crippen molar-refractivity contribution in [2.24, 2.45) is 4.99 Å². The summed E-state index contributed by atoms with van der Waals surface area (Å²) in [6.07, 6.45) is 4.04. The average molecular weight is 325 g/mol. The summed E-state index contributed by atoms with van der Waals surface area (Å²) in [5.74, 6) is 0.602. The molecule has 124 valence electrons. The van der Waals surface area contributed by atoms with E-state index in [1.54, 1.807) is 0 Å². The average Bonchev–Trinajstić information content (AvgIpc) is 3.22. The third-order valence-electron chi connectivity index (χ3n) is 4.99. The standard InChI is InChI=1S/C17H19N5O2/c23-11-20-16-19-10-17(21-16)5-8-22(9-6-17)15(24)13-2-1-3-14-12(13)4-7-18-14/h1-4,7,11,18H,5-6,8-10H2,(H2,19,20,21,23). The highest BCUT2D eigenvalue weighted by Gasteiger charge is 2.40. The highest BCUT2D eigenvalue weighted by Crippen LogP contribution is 2.27. The first kappa shape index (κ1) is 14.7. The Morgan fingerprint density at radius 1 is 1.25 bits per heavy atom. The monoisotopic (exact) mass is 325 g/mol. The Labute approximate surface area is 139 Å². The maximum absolute atomic E-state index is 12.9. The number of amides is 2. The molecule has 1 spiro atoms. The second kappa shape index (κ2) is 5.67. The van der Waals surface area contributed by atoms with Crippen LogP contribution in [0, 0.1) is 0 Å². The first-order chi connectivity index (χ1) is 11.7. The number of likely N-dealkylation sites (tertiary alicyclic amines) is 1. The van der Waals surface area contributed by atoms with Crippen molar-refractivity contribution in [1.29, 1.82) is 0 Å². The molecule has 0 radical (unpaired) electrons. The Morgan fingerprint density at radius 2 is 2.08 bits per heavy atom. The van der Waals surface area contributed by atoms with Gasteiger partial charge in [-0.2, -0.15) is 4.99 Å². The van der Waals surface area contributed by atoms with Gasteiger partial charge < -0.3 is 20.5 Å². The Hall–Kier alpha value is -2.83. The van der Waals surface area contributed by atoms with Crippen molar-refractivity contribution in [2.75, 3.05) is 19.6 Å². The van der Waals surface area contributed by atoms with E-state index < -0.39 is 0 Å². The van der Waals surface area contributed by atoms with Crippen molar-refractivity contribution in [1.82, 2.24) is 20.5 Å². The van der Waals surface area contributed by atoms with Gasteiger partial charge in [-0.3, -0.25) is 9.59 Å². The highest BCUT2D eigenvalue weighted by atomic mass is 16.2. The van der Waals surface area contributed by atoms with Crippen LogP contribution in [0.25, 0.3) is 10.9 Å². The quantitative estimate of drug-likeness (QED) is 0.714. The maximum Gasteiger partial charge on any atom is 0.254 e. The van der Waals surface area contributed by atoms with E-state index in [0.29, 0.717) is 25.5 Å². The smallest absolute Gasteiger partial charge is 0.254 e. The van der Waals surface area contributed by atoms with Crippen LogP contribution >= 0.6 is 0 Å². The topological polar surface area (TPSA) is 89.6 Å². The van der Waals surface area contributed by atoms with Crippen LogP contribution in [0.4, 0.5) is 0 Å². The molecule has 1 aromatic carbocycles. The summed E-state index contributed by atoms with van der Waals surface area (Å²) >= 11 is 0. The van der Waals surface area contributed by atoms with Crippen LogP contribution in [-0.2, 0) is 4.79 Å². The van der Waals surface area contributed by atoms with Crippen LogP contribution in [0.3, 0.4) is 0 Å². The van der Waals surface area contributed by atoms with Crippen molar-refractivity contribution in [3.05, 3.63) is 36.0 Å². The third kappa shape index (κ3) is 2.42. The third-order valence-corrected chi connectivity index (χ3v) is 4.99. The van der Waals surface area contributed by atoms with Gasteiger partial charge in [0.25, 0.3) is 5.91 Å². The van der Waals surface area contributed by atoms with E-state index in [1.807, 2.05) is 35.4 Å². The van der Waals surface area contributed by atoms with Crippen LogP contribution in [0.5, 0.6) is 0 Å². The molecule has 0 unspecified atom stereocenters. The molecule has 0 saturated carbocycles. The van der Waals surface area contributed by atoms with Crippen LogP contribution in [0.2, 0.25) is 0 Å². The largest absolute Gasteiger partial charge is 0.361 e. The predicted molar refractivity (Wildman–Crippen MR) is 90.8 cm³/mol. The number of fused-ring (bicyclic) bond motifs is 1. The molecular formula is C17H19N5O2. The van der Waals surface area contributed by atoms with Gasteiger partial charge in [0.15, 0.2) is 5.96 Å². The lowest BCUT2D eigenvalue weighted by Crippen LogP contribution is -2.53. The van der Waals surface area contributed by atoms with Gasteiger partial charge in [-0.05, 0) is 31.0 Å². The lowest BCUT2D eigenvalue weighted by molar-refractivity contribution is -0.106. The normalized spacial score (nSPS) is 21.0. The Kier molecular flexibility index (Phi) is 3.48. The SMILES string of the molecule is O=C/N=C1\NCC2(CCN(C(=O)c3cccc4[nH]ccc34)CC2)N1. The zero-order valence-electron chi connectivity index (χ0n) is 13.2. The van der Waals surface area contributed by atoms with Gasteiger partial charge in [-0.15, -0.1) is 0 Å². The number of nitrogens with one attached hydrogen (secondary N) is 3. The van der Waals surface area contributed by atoms with E-state index in [9.17, 15) is 9.59 Å². The van der Waals surface area contributed by atoms with E-state index in [-0.39, 0.29) is 11.4 Å². The second-order valence-corrected chi connectivity index (χ2v) is 6.38. The number of carbonyl (C=O) groups excluding carboxylic acids is 2. The molecule has 7 nitrogen and oxygen atoms in total. The van der Waals surface area contributed by atoms with Gasteiger partial charge in [-0.1, -0.05) is 6.07 Å². The Balaban J connectivity index is 1.48. The zero-order chi connectivity index (χ0) is 16.6. The molecule has 2 fully saturated rings. The van der Waals surface area contributed by atoms with E-state index in [0.717, 1.165) is 35.9 Å². The number of guanidine groups is 1. The highest BCUT2D eigenvalue weighted by molar-refractivity contribution is 6.06. The van der Waals surface area contributed by atoms with Crippen LogP contribution < -0.4 is 10.6 Å².